The van der Waals surface area contributed by atoms with Gasteiger partial charge in [0.15, 0.2) is 0 Å². The highest BCUT2D eigenvalue weighted by Crippen LogP contribution is 2.17. The van der Waals surface area contributed by atoms with Crippen LogP contribution in [0.5, 0.6) is 5.75 Å². The van der Waals surface area contributed by atoms with Crippen LogP contribution in [-0.2, 0) is 32.3 Å². The molecule has 0 amide bonds. The number of ether oxygens (including phenoxy) is 1. The predicted molar refractivity (Wildman–Crippen MR) is 147 cm³/mol. The number of rotatable bonds is 14. The van der Waals surface area contributed by atoms with Crippen molar-refractivity contribution in [3.63, 3.8) is 0 Å². The molecule has 0 aliphatic carbocycles. The van der Waals surface area contributed by atoms with Gasteiger partial charge in [-0.05, 0) is 105 Å². The number of allylic oxidation sites excluding steroid dienone is 4. The first kappa shape index (κ1) is 25.6. The van der Waals surface area contributed by atoms with Crippen LogP contribution in [0, 0.1) is 0 Å². The molecule has 0 aliphatic heterocycles. The Balaban J connectivity index is 1.34. The molecule has 0 radical (unpaired) electrons. The van der Waals surface area contributed by atoms with Crippen LogP contribution in [0.15, 0.2) is 97.1 Å². The molecule has 0 aliphatic rings. The third-order valence-corrected chi connectivity index (χ3v) is 6.23. The Hall–Kier alpha value is -3.06. The predicted octanol–water partition coefficient (Wildman–Crippen LogP) is 8.85. The summed E-state index contributed by atoms with van der Waals surface area (Å²) in [7, 11) is 0. The highest BCUT2D eigenvalue weighted by atomic mass is 16.5. The summed E-state index contributed by atoms with van der Waals surface area (Å²) >= 11 is 0. The molecule has 0 atom stereocenters. The van der Waals surface area contributed by atoms with Gasteiger partial charge < -0.3 is 4.74 Å². The van der Waals surface area contributed by atoms with Crippen LogP contribution >= 0.6 is 0 Å². The molecule has 1 heteroatoms. The molecule has 1 nitrogen and oxygen atoms in total. The first-order valence-corrected chi connectivity index (χ1v) is 12.9. The van der Waals surface area contributed by atoms with Gasteiger partial charge in [0.25, 0.3) is 0 Å². The molecular formula is C33H40O. The van der Waals surface area contributed by atoms with Gasteiger partial charge in [0.1, 0.15) is 12.4 Å². The van der Waals surface area contributed by atoms with Crippen LogP contribution in [-0.4, -0.2) is 0 Å². The molecule has 0 spiro atoms. The quantitative estimate of drug-likeness (QED) is 0.175. The van der Waals surface area contributed by atoms with Crippen molar-refractivity contribution in [1.29, 1.82) is 0 Å². The summed E-state index contributed by atoms with van der Waals surface area (Å²) in [4.78, 5) is 0. The van der Waals surface area contributed by atoms with Crippen molar-refractivity contribution in [1.82, 2.24) is 0 Å². The van der Waals surface area contributed by atoms with Gasteiger partial charge in [-0.1, -0.05) is 85.0 Å². The van der Waals surface area contributed by atoms with Crippen LogP contribution in [0.4, 0.5) is 0 Å². The zero-order chi connectivity index (χ0) is 23.8. The van der Waals surface area contributed by atoms with Gasteiger partial charge in [0.05, 0.1) is 0 Å². The summed E-state index contributed by atoms with van der Waals surface area (Å²) in [6.45, 7) is 4.77. The van der Waals surface area contributed by atoms with Crippen molar-refractivity contribution in [2.45, 2.75) is 71.8 Å². The van der Waals surface area contributed by atoms with E-state index in [0.29, 0.717) is 6.61 Å². The van der Waals surface area contributed by atoms with Crippen LogP contribution in [0.3, 0.4) is 0 Å². The minimum Gasteiger partial charge on any atom is -0.489 e. The average Bonchev–Trinajstić information content (AvgIpc) is 2.88. The zero-order valence-electron chi connectivity index (χ0n) is 21.0. The van der Waals surface area contributed by atoms with E-state index < -0.39 is 0 Å². The summed E-state index contributed by atoms with van der Waals surface area (Å²) in [5, 5.41) is 0. The maximum Gasteiger partial charge on any atom is 0.119 e. The molecule has 0 saturated heterocycles. The van der Waals surface area contributed by atoms with Gasteiger partial charge >= 0.3 is 0 Å². The van der Waals surface area contributed by atoms with Crippen LogP contribution in [0.2, 0.25) is 0 Å². The summed E-state index contributed by atoms with van der Waals surface area (Å²) in [5.41, 5.74) is 6.86. The Morgan fingerprint density at radius 3 is 1.32 bits per heavy atom. The minimum atomic E-state index is 0.614. The second-order valence-electron chi connectivity index (χ2n) is 8.99. The van der Waals surface area contributed by atoms with Crippen LogP contribution in [0.1, 0.15) is 67.3 Å². The van der Waals surface area contributed by atoms with Crippen molar-refractivity contribution < 1.29 is 4.74 Å². The standard InChI is InChI=1S/C33H40O/c1-3-5-7-11-28-15-17-30(18-16-28)13-9-10-14-31-23-25-33(26-24-31)34-27-32-21-19-29(20-22-32)12-8-6-4-2/h3-6,15-26H,7-14,27H2,1-2H3/b5-3+,6-4+. The molecule has 0 saturated carbocycles. The maximum absolute atomic E-state index is 5.99. The van der Waals surface area contributed by atoms with E-state index in [1.54, 1.807) is 0 Å². The van der Waals surface area contributed by atoms with Crippen molar-refractivity contribution >= 4 is 0 Å². The highest BCUT2D eigenvalue weighted by molar-refractivity contribution is 5.29. The molecular weight excluding hydrogens is 412 g/mol. The molecule has 0 N–H and O–H groups in total. The summed E-state index contributed by atoms with van der Waals surface area (Å²) in [5.74, 6) is 0.940. The van der Waals surface area contributed by atoms with E-state index in [1.165, 1.54) is 40.7 Å². The third-order valence-electron chi connectivity index (χ3n) is 6.23. The Labute approximate surface area is 207 Å². The van der Waals surface area contributed by atoms with Crippen molar-refractivity contribution in [3.8, 4) is 5.75 Å². The van der Waals surface area contributed by atoms with Crippen LogP contribution < -0.4 is 4.74 Å². The van der Waals surface area contributed by atoms with Gasteiger partial charge in [-0.2, -0.15) is 0 Å². The highest BCUT2D eigenvalue weighted by Gasteiger charge is 2.00. The van der Waals surface area contributed by atoms with E-state index >= 15 is 0 Å². The Kier molecular flexibility index (Phi) is 11.2. The number of hydrogen-bond acceptors (Lipinski definition) is 1. The largest absolute Gasteiger partial charge is 0.489 e. The lowest BCUT2D eigenvalue weighted by molar-refractivity contribution is 0.306. The SMILES string of the molecule is C/C=C/CCc1ccc(CCCCc2ccc(OCc3ccc(CC/C=C/C)cc3)cc2)cc1. The zero-order valence-corrected chi connectivity index (χ0v) is 21.0. The molecule has 0 heterocycles. The van der Waals surface area contributed by atoms with Gasteiger partial charge in [-0.25, -0.2) is 0 Å². The van der Waals surface area contributed by atoms with E-state index in [9.17, 15) is 0 Å². The van der Waals surface area contributed by atoms with E-state index in [0.717, 1.165) is 44.3 Å². The lowest BCUT2D eigenvalue weighted by Gasteiger charge is -2.09. The van der Waals surface area contributed by atoms with Crippen LogP contribution in [0.25, 0.3) is 0 Å². The van der Waals surface area contributed by atoms with Gasteiger partial charge in [-0.3, -0.25) is 0 Å². The minimum absolute atomic E-state index is 0.614. The second-order valence-corrected chi connectivity index (χ2v) is 8.99. The maximum atomic E-state index is 5.99. The third kappa shape index (κ3) is 9.43. The molecule has 3 rings (SSSR count). The van der Waals surface area contributed by atoms with Gasteiger partial charge in [-0.15, -0.1) is 0 Å². The summed E-state index contributed by atoms with van der Waals surface area (Å²) in [6, 6.07) is 26.6. The van der Waals surface area contributed by atoms with E-state index in [1.807, 2.05) is 0 Å². The second kappa shape index (κ2) is 15.0. The molecule has 3 aromatic carbocycles. The fourth-order valence-electron chi connectivity index (χ4n) is 4.09. The Morgan fingerprint density at radius 1 is 0.500 bits per heavy atom. The molecule has 0 aromatic heterocycles. The Bertz CT molecular complexity index is 992. The van der Waals surface area contributed by atoms with Crippen molar-refractivity contribution in [2.75, 3.05) is 0 Å². The van der Waals surface area contributed by atoms with Gasteiger partial charge in [0.2, 0.25) is 0 Å². The first-order chi connectivity index (χ1) is 16.8. The molecule has 0 bridgehead atoms. The number of benzene rings is 3. The van der Waals surface area contributed by atoms with Crippen molar-refractivity contribution in [3.05, 3.63) is 125 Å². The molecule has 0 unspecified atom stereocenters. The van der Waals surface area contributed by atoms with E-state index in [2.05, 4.69) is 111 Å². The van der Waals surface area contributed by atoms with Gasteiger partial charge in [0, 0.05) is 0 Å². The molecule has 3 aromatic rings. The fraction of sp³-hybridized carbons (Fsp3) is 0.333. The number of unbranched alkanes of at least 4 members (excludes halogenated alkanes) is 1. The summed E-state index contributed by atoms with van der Waals surface area (Å²) < 4.78 is 5.99. The molecule has 178 valence electrons. The first-order valence-electron chi connectivity index (χ1n) is 12.9. The Morgan fingerprint density at radius 2 is 0.882 bits per heavy atom. The lowest BCUT2D eigenvalue weighted by Crippen LogP contribution is -1.96. The normalized spacial score (nSPS) is 11.5. The lowest BCUT2D eigenvalue weighted by atomic mass is 10.0. The summed E-state index contributed by atoms with van der Waals surface area (Å²) in [6.07, 6.45) is 17.9. The average molecular weight is 453 g/mol. The monoisotopic (exact) mass is 452 g/mol. The fourth-order valence-corrected chi connectivity index (χ4v) is 4.09. The van der Waals surface area contributed by atoms with Crippen molar-refractivity contribution in [2.24, 2.45) is 0 Å². The molecule has 0 fully saturated rings. The number of aryl methyl sites for hydroxylation is 4. The topological polar surface area (TPSA) is 9.23 Å². The number of hydrogen-bond donors (Lipinski definition) is 0. The molecule has 34 heavy (non-hydrogen) atoms. The smallest absolute Gasteiger partial charge is 0.119 e. The van der Waals surface area contributed by atoms with E-state index in [4.69, 9.17) is 4.74 Å². The van der Waals surface area contributed by atoms with E-state index in [-0.39, 0.29) is 0 Å².